The number of carbonyl (C=O) groups excluding carboxylic acids is 1. The Kier molecular flexibility index (Phi) is 6.44. The number of rotatable bonds is 7. The van der Waals surface area contributed by atoms with E-state index < -0.39 is 0 Å². The third kappa shape index (κ3) is 5.69. The van der Waals surface area contributed by atoms with Crippen LogP contribution in [0.4, 0.5) is 0 Å². The third-order valence-electron chi connectivity index (χ3n) is 2.62. The number of hydrogen-bond donors (Lipinski definition) is 0. The highest BCUT2D eigenvalue weighted by atomic mass is 79.9. The average molecular weight is 363 g/mol. The smallest absolute Gasteiger partial charge is 0.178 e. The molecule has 0 amide bonds. The van der Waals surface area contributed by atoms with Crippen molar-refractivity contribution < 1.29 is 9.53 Å². The fourth-order valence-electron chi connectivity index (χ4n) is 1.62. The molecule has 0 aliphatic heterocycles. The van der Waals surface area contributed by atoms with Crippen molar-refractivity contribution in [3.63, 3.8) is 0 Å². The lowest BCUT2D eigenvalue weighted by Crippen LogP contribution is -1.97. The summed E-state index contributed by atoms with van der Waals surface area (Å²) >= 11 is 4.92. The first-order valence-corrected chi connectivity index (χ1v) is 8.50. The Morgan fingerprint density at radius 2 is 1.90 bits per heavy atom. The lowest BCUT2D eigenvalue weighted by atomic mass is 10.2. The molecule has 0 aliphatic rings. The predicted molar refractivity (Wildman–Crippen MR) is 93.1 cm³/mol. The van der Waals surface area contributed by atoms with Crippen LogP contribution in [0, 0.1) is 0 Å². The van der Waals surface area contributed by atoms with E-state index in [9.17, 15) is 4.79 Å². The lowest BCUT2D eigenvalue weighted by Gasteiger charge is -2.03. The van der Waals surface area contributed by atoms with E-state index in [0.29, 0.717) is 6.61 Å². The zero-order valence-electron chi connectivity index (χ0n) is 11.4. The molecule has 0 saturated carbocycles. The molecule has 21 heavy (non-hydrogen) atoms. The van der Waals surface area contributed by atoms with E-state index in [2.05, 4.69) is 15.9 Å². The third-order valence-corrected chi connectivity index (χ3v) is 3.78. The molecule has 0 atom stereocenters. The minimum absolute atomic E-state index is 0.0250. The first kappa shape index (κ1) is 15.7. The number of thiophene rings is 1. The van der Waals surface area contributed by atoms with E-state index in [4.69, 9.17) is 4.74 Å². The van der Waals surface area contributed by atoms with Crippen molar-refractivity contribution in [3.05, 3.63) is 64.4 Å². The molecule has 2 rings (SSSR count). The van der Waals surface area contributed by atoms with E-state index in [1.54, 1.807) is 29.6 Å². The summed E-state index contributed by atoms with van der Waals surface area (Å²) in [6, 6.07) is 11.6. The normalized spacial score (nSPS) is 11.3. The maximum Gasteiger partial charge on any atom is 0.178 e. The Hall–Kier alpha value is -1.65. The SMILES string of the molecule is O=C(C=Cc1ccc(OCCBr)cc1)C=Cc1cccs1. The maximum absolute atomic E-state index is 11.7. The zero-order chi connectivity index (χ0) is 14.9. The summed E-state index contributed by atoms with van der Waals surface area (Å²) in [5, 5.41) is 2.79. The second kappa shape index (κ2) is 8.60. The molecule has 1 heterocycles. The number of ketones is 1. The molecule has 0 saturated heterocycles. The molecule has 0 N–H and O–H groups in total. The van der Waals surface area contributed by atoms with Crippen LogP contribution in [-0.4, -0.2) is 17.7 Å². The van der Waals surface area contributed by atoms with Gasteiger partial charge in [-0.05, 0) is 47.4 Å². The molecule has 0 bridgehead atoms. The fourth-order valence-corrected chi connectivity index (χ4v) is 2.40. The highest BCUT2D eigenvalue weighted by Gasteiger charge is 1.94. The number of halogens is 1. The zero-order valence-corrected chi connectivity index (χ0v) is 13.8. The maximum atomic E-state index is 11.7. The van der Waals surface area contributed by atoms with Crippen molar-refractivity contribution in [1.82, 2.24) is 0 Å². The molecule has 2 nitrogen and oxygen atoms in total. The molecule has 1 aromatic heterocycles. The van der Waals surface area contributed by atoms with Gasteiger partial charge in [0.1, 0.15) is 5.75 Å². The quantitative estimate of drug-likeness (QED) is 0.521. The van der Waals surface area contributed by atoms with Gasteiger partial charge in [0.2, 0.25) is 0 Å². The van der Waals surface area contributed by atoms with Gasteiger partial charge in [-0.15, -0.1) is 11.3 Å². The Morgan fingerprint density at radius 1 is 1.14 bits per heavy atom. The Bertz CT molecular complexity index is 613. The Balaban J connectivity index is 1.89. The van der Waals surface area contributed by atoms with E-state index in [1.165, 1.54) is 0 Å². The van der Waals surface area contributed by atoms with Gasteiger partial charge in [-0.2, -0.15) is 0 Å². The van der Waals surface area contributed by atoms with Crippen molar-refractivity contribution >= 4 is 45.2 Å². The minimum Gasteiger partial charge on any atom is -0.493 e. The van der Waals surface area contributed by atoms with Crippen molar-refractivity contribution in [2.24, 2.45) is 0 Å². The second-order valence-corrected chi connectivity index (χ2v) is 5.96. The number of hydrogen-bond acceptors (Lipinski definition) is 3. The average Bonchev–Trinajstić information content (AvgIpc) is 3.03. The van der Waals surface area contributed by atoms with Gasteiger partial charge in [0, 0.05) is 10.2 Å². The van der Waals surface area contributed by atoms with Crippen molar-refractivity contribution in [3.8, 4) is 5.75 Å². The number of alkyl halides is 1. The molecule has 2 aromatic rings. The van der Waals surface area contributed by atoms with Crippen molar-refractivity contribution in [2.45, 2.75) is 0 Å². The van der Waals surface area contributed by atoms with Gasteiger partial charge < -0.3 is 4.74 Å². The Morgan fingerprint density at radius 3 is 2.57 bits per heavy atom. The standard InChI is InChI=1S/C17H15BrO2S/c18-11-12-20-16-8-4-14(5-9-16)3-6-15(19)7-10-17-2-1-13-21-17/h1-10,13H,11-12H2. The van der Waals surface area contributed by atoms with Crippen molar-refractivity contribution in [1.29, 1.82) is 0 Å². The molecule has 0 radical (unpaired) electrons. The highest BCUT2D eigenvalue weighted by Crippen LogP contribution is 2.14. The van der Waals surface area contributed by atoms with Crippen LogP contribution < -0.4 is 4.74 Å². The van der Waals surface area contributed by atoms with Gasteiger partial charge in [0.05, 0.1) is 6.61 Å². The number of carbonyl (C=O) groups is 1. The van der Waals surface area contributed by atoms with Crippen LogP contribution in [0.2, 0.25) is 0 Å². The molecule has 0 unspecified atom stereocenters. The molecule has 1 aromatic carbocycles. The summed E-state index contributed by atoms with van der Waals surface area (Å²) in [5.41, 5.74) is 0.971. The molecule has 0 fully saturated rings. The Labute approximate surface area is 136 Å². The molecule has 108 valence electrons. The van der Waals surface area contributed by atoms with Crippen LogP contribution in [0.1, 0.15) is 10.4 Å². The van der Waals surface area contributed by atoms with Crippen LogP contribution in [0.3, 0.4) is 0 Å². The van der Waals surface area contributed by atoms with Gasteiger partial charge in [0.15, 0.2) is 5.78 Å². The van der Waals surface area contributed by atoms with E-state index in [1.807, 2.05) is 47.9 Å². The van der Waals surface area contributed by atoms with Gasteiger partial charge in [0.25, 0.3) is 0 Å². The number of benzene rings is 1. The first-order valence-electron chi connectivity index (χ1n) is 6.50. The van der Waals surface area contributed by atoms with E-state index >= 15 is 0 Å². The van der Waals surface area contributed by atoms with E-state index in [0.717, 1.165) is 21.5 Å². The van der Waals surface area contributed by atoms with Gasteiger partial charge in [-0.3, -0.25) is 4.79 Å². The van der Waals surface area contributed by atoms with Crippen LogP contribution in [0.5, 0.6) is 5.75 Å². The summed E-state index contributed by atoms with van der Waals surface area (Å²) in [4.78, 5) is 12.8. The molecule has 0 spiro atoms. The van der Waals surface area contributed by atoms with E-state index in [-0.39, 0.29) is 5.78 Å². The topological polar surface area (TPSA) is 26.3 Å². The number of ether oxygens (including phenoxy) is 1. The van der Waals surface area contributed by atoms with Gasteiger partial charge >= 0.3 is 0 Å². The van der Waals surface area contributed by atoms with Gasteiger partial charge in [-0.25, -0.2) is 0 Å². The molecular formula is C17H15BrO2S. The minimum atomic E-state index is -0.0250. The highest BCUT2D eigenvalue weighted by molar-refractivity contribution is 9.09. The summed E-state index contributed by atoms with van der Waals surface area (Å²) in [6.07, 6.45) is 6.78. The van der Waals surface area contributed by atoms with Gasteiger partial charge in [-0.1, -0.05) is 40.2 Å². The summed E-state index contributed by atoms with van der Waals surface area (Å²) in [5.74, 6) is 0.804. The molecule has 4 heteroatoms. The molecular weight excluding hydrogens is 348 g/mol. The largest absolute Gasteiger partial charge is 0.493 e. The first-order chi connectivity index (χ1) is 10.3. The van der Waals surface area contributed by atoms with Crippen LogP contribution >= 0.6 is 27.3 Å². The summed E-state index contributed by atoms with van der Waals surface area (Å²) < 4.78 is 5.47. The number of allylic oxidation sites excluding steroid dienone is 2. The van der Waals surface area contributed by atoms with Crippen molar-refractivity contribution in [2.75, 3.05) is 11.9 Å². The van der Waals surface area contributed by atoms with Crippen LogP contribution in [0.15, 0.2) is 53.9 Å². The van der Waals surface area contributed by atoms with Crippen LogP contribution in [-0.2, 0) is 4.79 Å². The van der Waals surface area contributed by atoms with Crippen LogP contribution in [0.25, 0.3) is 12.2 Å². The summed E-state index contributed by atoms with van der Waals surface area (Å²) in [6.45, 7) is 0.640. The second-order valence-electron chi connectivity index (χ2n) is 4.19. The fraction of sp³-hybridized carbons (Fsp3) is 0.118. The monoisotopic (exact) mass is 362 g/mol. The summed E-state index contributed by atoms with van der Waals surface area (Å²) in [7, 11) is 0. The molecule has 0 aliphatic carbocycles. The predicted octanol–water partition coefficient (Wildman–Crippen LogP) is 4.82. The lowest BCUT2D eigenvalue weighted by molar-refractivity contribution is -0.110.